The van der Waals surface area contributed by atoms with Gasteiger partial charge in [-0.05, 0) is 22.8 Å². The van der Waals surface area contributed by atoms with Gasteiger partial charge in [-0.3, -0.25) is 4.79 Å². The van der Waals surface area contributed by atoms with Gasteiger partial charge in [-0.1, -0.05) is 103 Å². The van der Waals surface area contributed by atoms with Gasteiger partial charge in [0.05, 0.1) is 11.8 Å². The topological polar surface area (TPSA) is 41.9 Å². The summed E-state index contributed by atoms with van der Waals surface area (Å²) >= 11 is 0. The normalized spacial score (nSPS) is 18.7. The van der Waals surface area contributed by atoms with E-state index in [1.807, 2.05) is 83.9 Å². The lowest BCUT2D eigenvalue weighted by atomic mass is 9.95. The molecule has 2 atom stereocenters. The van der Waals surface area contributed by atoms with Gasteiger partial charge in [-0.2, -0.15) is 5.10 Å². The Balaban J connectivity index is 1.35. The standard InChI is InChI=1S/C29H22N2O2/c32-28(23-17-15-21(16-18-23)20-9-3-1-4-10-20)29-31-26(24-13-7-8-14-27(24)33-29)19-25(30-31)22-11-5-2-6-12-22/h1-18,26,29H,19H2. The highest BCUT2D eigenvalue weighted by Gasteiger charge is 2.43. The van der Waals surface area contributed by atoms with Gasteiger partial charge in [-0.15, -0.1) is 0 Å². The van der Waals surface area contributed by atoms with Crippen LogP contribution in [0, 0.1) is 0 Å². The average Bonchev–Trinajstić information content (AvgIpc) is 3.35. The first kappa shape index (κ1) is 19.5. The van der Waals surface area contributed by atoms with Gasteiger partial charge >= 0.3 is 0 Å². The van der Waals surface area contributed by atoms with Gasteiger partial charge < -0.3 is 4.74 Å². The van der Waals surface area contributed by atoms with Crippen molar-refractivity contribution in [3.8, 4) is 16.9 Å². The van der Waals surface area contributed by atoms with Crippen LogP contribution >= 0.6 is 0 Å². The molecule has 2 unspecified atom stereocenters. The molecule has 0 saturated heterocycles. The zero-order valence-electron chi connectivity index (χ0n) is 18.0. The number of Topliss-reactive ketones (excluding diaryl/α,β-unsaturated/α-hetero) is 1. The largest absolute Gasteiger partial charge is 0.461 e. The summed E-state index contributed by atoms with van der Waals surface area (Å²) in [6, 6.07) is 35.9. The molecule has 2 heterocycles. The highest BCUT2D eigenvalue weighted by Crippen LogP contribution is 2.43. The van der Waals surface area contributed by atoms with Crippen LogP contribution in [0.5, 0.6) is 5.75 Å². The summed E-state index contributed by atoms with van der Waals surface area (Å²) in [5.41, 5.74) is 5.92. The molecule has 0 bridgehead atoms. The van der Waals surface area contributed by atoms with Crippen LogP contribution in [0.3, 0.4) is 0 Å². The molecule has 160 valence electrons. The molecule has 4 aromatic carbocycles. The van der Waals surface area contributed by atoms with E-state index in [4.69, 9.17) is 9.84 Å². The lowest BCUT2D eigenvalue weighted by molar-refractivity contribution is -0.00455. The van der Waals surface area contributed by atoms with Crippen molar-refractivity contribution in [1.29, 1.82) is 0 Å². The molecule has 6 rings (SSSR count). The number of hydrazone groups is 1. The first-order chi connectivity index (χ1) is 16.3. The van der Waals surface area contributed by atoms with Crippen molar-refractivity contribution in [3.05, 3.63) is 126 Å². The van der Waals surface area contributed by atoms with Crippen molar-refractivity contribution in [2.45, 2.75) is 18.7 Å². The van der Waals surface area contributed by atoms with Crippen molar-refractivity contribution in [2.24, 2.45) is 5.10 Å². The molecule has 0 N–H and O–H groups in total. The van der Waals surface area contributed by atoms with E-state index in [9.17, 15) is 4.79 Å². The van der Waals surface area contributed by atoms with Crippen LogP contribution in [-0.4, -0.2) is 22.7 Å². The molecule has 0 amide bonds. The number of para-hydroxylation sites is 1. The number of nitrogens with zero attached hydrogens (tertiary/aromatic N) is 2. The fourth-order valence-electron chi connectivity index (χ4n) is 4.61. The predicted octanol–water partition coefficient (Wildman–Crippen LogP) is 6.11. The van der Waals surface area contributed by atoms with Crippen LogP contribution in [0.15, 0.2) is 114 Å². The van der Waals surface area contributed by atoms with Crippen LogP contribution in [-0.2, 0) is 0 Å². The molecular weight excluding hydrogens is 408 g/mol. The summed E-state index contributed by atoms with van der Waals surface area (Å²) in [5, 5.41) is 6.72. The van der Waals surface area contributed by atoms with Gasteiger partial charge in [0.25, 0.3) is 6.23 Å². The minimum atomic E-state index is -0.798. The fourth-order valence-corrected chi connectivity index (χ4v) is 4.61. The second-order valence-corrected chi connectivity index (χ2v) is 8.33. The zero-order valence-corrected chi connectivity index (χ0v) is 18.0. The molecule has 0 radical (unpaired) electrons. The number of benzene rings is 4. The van der Waals surface area contributed by atoms with Crippen molar-refractivity contribution < 1.29 is 9.53 Å². The Kier molecular flexibility index (Phi) is 4.76. The number of carbonyl (C=O) groups excluding carboxylic acids is 1. The highest BCUT2D eigenvalue weighted by atomic mass is 16.5. The van der Waals surface area contributed by atoms with Crippen molar-refractivity contribution >= 4 is 11.5 Å². The predicted molar refractivity (Wildman–Crippen MR) is 129 cm³/mol. The van der Waals surface area contributed by atoms with Crippen LogP contribution in [0.1, 0.15) is 33.9 Å². The Hall–Kier alpha value is -4.18. The third-order valence-electron chi connectivity index (χ3n) is 6.31. The molecule has 4 aromatic rings. The summed E-state index contributed by atoms with van der Waals surface area (Å²) in [6.45, 7) is 0. The molecule has 4 heteroatoms. The summed E-state index contributed by atoms with van der Waals surface area (Å²) in [5.74, 6) is 0.662. The molecule has 0 aliphatic carbocycles. The van der Waals surface area contributed by atoms with Crippen LogP contribution in [0.4, 0.5) is 0 Å². The van der Waals surface area contributed by atoms with E-state index in [1.54, 1.807) is 0 Å². The van der Waals surface area contributed by atoms with Crippen molar-refractivity contribution in [2.75, 3.05) is 0 Å². The maximum atomic E-state index is 13.6. The minimum Gasteiger partial charge on any atom is -0.461 e. The number of hydrogen-bond donors (Lipinski definition) is 0. The molecular formula is C29H22N2O2. The van der Waals surface area contributed by atoms with Crippen molar-refractivity contribution in [3.63, 3.8) is 0 Å². The Morgan fingerprint density at radius 1 is 0.727 bits per heavy atom. The minimum absolute atomic E-state index is 0.0253. The Labute approximate surface area is 192 Å². The van der Waals surface area contributed by atoms with Crippen molar-refractivity contribution in [1.82, 2.24) is 5.01 Å². The summed E-state index contributed by atoms with van der Waals surface area (Å²) in [4.78, 5) is 13.6. The molecule has 2 aliphatic rings. The number of fused-ring (bicyclic) bond motifs is 3. The lowest BCUT2D eigenvalue weighted by Crippen LogP contribution is -2.45. The number of carbonyl (C=O) groups is 1. The number of ketones is 1. The van der Waals surface area contributed by atoms with Gasteiger partial charge in [0, 0.05) is 17.5 Å². The maximum Gasteiger partial charge on any atom is 0.251 e. The molecule has 0 fully saturated rings. The fraction of sp³-hybridized carbons (Fsp3) is 0.103. The highest BCUT2D eigenvalue weighted by molar-refractivity contribution is 6.03. The third kappa shape index (κ3) is 3.50. The zero-order chi connectivity index (χ0) is 22.2. The summed E-state index contributed by atoms with van der Waals surface area (Å²) in [6.07, 6.45) is -0.0603. The molecule has 0 saturated carbocycles. The van der Waals surface area contributed by atoms with E-state index in [2.05, 4.69) is 30.3 Å². The number of hydrogen-bond acceptors (Lipinski definition) is 4. The SMILES string of the molecule is O=C(c1ccc(-c2ccccc2)cc1)C1Oc2ccccc2C2CC(c3ccccc3)=NN12. The Bertz CT molecular complexity index is 1330. The van der Waals surface area contributed by atoms with Gasteiger partial charge in [0.2, 0.25) is 5.78 Å². The van der Waals surface area contributed by atoms with E-state index in [0.29, 0.717) is 5.56 Å². The molecule has 4 nitrogen and oxygen atoms in total. The Morgan fingerprint density at radius 2 is 1.33 bits per heavy atom. The summed E-state index contributed by atoms with van der Waals surface area (Å²) < 4.78 is 6.23. The second kappa shape index (κ2) is 8.06. The van der Waals surface area contributed by atoms with Gasteiger partial charge in [0.1, 0.15) is 5.75 Å². The van der Waals surface area contributed by atoms with E-state index in [-0.39, 0.29) is 11.8 Å². The average molecular weight is 431 g/mol. The van der Waals surface area contributed by atoms with Crippen LogP contribution < -0.4 is 4.74 Å². The molecule has 0 spiro atoms. The first-order valence-electron chi connectivity index (χ1n) is 11.1. The molecule has 0 aromatic heterocycles. The Morgan fingerprint density at radius 3 is 2.06 bits per heavy atom. The third-order valence-corrected chi connectivity index (χ3v) is 6.31. The quantitative estimate of drug-likeness (QED) is 0.367. The van der Waals surface area contributed by atoms with E-state index in [1.165, 1.54) is 0 Å². The smallest absolute Gasteiger partial charge is 0.251 e. The van der Waals surface area contributed by atoms with E-state index < -0.39 is 6.23 Å². The van der Waals surface area contributed by atoms with Crippen LogP contribution in [0.2, 0.25) is 0 Å². The first-order valence-corrected chi connectivity index (χ1v) is 11.1. The number of rotatable bonds is 4. The number of ether oxygens (including phenoxy) is 1. The summed E-state index contributed by atoms with van der Waals surface area (Å²) in [7, 11) is 0. The molecule has 33 heavy (non-hydrogen) atoms. The molecule has 2 aliphatic heterocycles. The lowest BCUT2D eigenvalue weighted by Gasteiger charge is -2.37. The van der Waals surface area contributed by atoms with Gasteiger partial charge in [-0.25, -0.2) is 5.01 Å². The van der Waals surface area contributed by atoms with Crippen LogP contribution in [0.25, 0.3) is 11.1 Å². The second-order valence-electron chi connectivity index (χ2n) is 8.33. The van der Waals surface area contributed by atoms with Gasteiger partial charge in [0.15, 0.2) is 0 Å². The van der Waals surface area contributed by atoms with E-state index >= 15 is 0 Å². The maximum absolute atomic E-state index is 13.6. The monoisotopic (exact) mass is 430 g/mol. The van der Waals surface area contributed by atoms with E-state index in [0.717, 1.165) is 40.1 Å².